The molecule has 0 atom stereocenters. The van der Waals surface area contributed by atoms with Crippen LogP contribution >= 0.6 is 0 Å². The van der Waals surface area contributed by atoms with Gasteiger partial charge in [-0.15, -0.1) is 0 Å². The molecule has 0 bridgehead atoms. The fraction of sp³-hybridized carbons (Fsp3) is 0.406. The van der Waals surface area contributed by atoms with E-state index in [1.807, 2.05) is 42.6 Å². The maximum Gasteiger partial charge on any atom is 0.186 e. The highest BCUT2D eigenvalue weighted by molar-refractivity contribution is 6.07. The Hall–Kier alpha value is -3.47. The van der Waals surface area contributed by atoms with Crippen LogP contribution in [-0.2, 0) is 6.54 Å². The van der Waals surface area contributed by atoms with Gasteiger partial charge >= 0.3 is 0 Å². The van der Waals surface area contributed by atoms with E-state index in [1.54, 1.807) is 0 Å². The molecule has 3 aromatic rings. The number of hydrogen-bond donors (Lipinski definition) is 0. The number of carbonyl (C=O) groups is 1. The van der Waals surface area contributed by atoms with Crippen LogP contribution in [0.4, 0.5) is 0 Å². The Morgan fingerprint density at radius 2 is 1.43 bits per heavy atom. The van der Waals surface area contributed by atoms with E-state index < -0.39 is 0 Å². The smallest absolute Gasteiger partial charge is 0.186 e. The Bertz CT molecular complexity index is 1200. The summed E-state index contributed by atoms with van der Waals surface area (Å²) in [5.41, 5.74) is 1.84. The highest BCUT2D eigenvalue weighted by Gasteiger charge is 2.23. The molecule has 0 amide bonds. The SMILES string of the molecule is CC(C)CCOc1cc(C(=O)CN2C=CN(Cc3ccccc3)C2)c(OCCC(C)C)c2ccccc12. The average molecular weight is 501 g/mol. The van der Waals surface area contributed by atoms with Crippen molar-refractivity contribution >= 4 is 16.6 Å². The molecular weight excluding hydrogens is 460 g/mol. The van der Waals surface area contributed by atoms with Crippen molar-refractivity contribution in [1.29, 1.82) is 0 Å². The molecule has 5 heteroatoms. The molecule has 0 aromatic heterocycles. The zero-order valence-electron chi connectivity index (χ0n) is 22.7. The van der Waals surface area contributed by atoms with Gasteiger partial charge in [-0.25, -0.2) is 0 Å². The minimum Gasteiger partial charge on any atom is -0.493 e. The number of carbonyl (C=O) groups excluding carboxylic acids is 1. The molecule has 4 rings (SSSR count). The number of hydrogen-bond acceptors (Lipinski definition) is 5. The number of ether oxygens (including phenoxy) is 2. The molecular formula is C32H40N2O3. The Labute approximate surface area is 221 Å². The molecule has 0 fully saturated rings. The van der Waals surface area contributed by atoms with Gasteiger partial charge in [0.2, 0.25) is 0 Å². The minimum atomic E-state index is 0.0326. The molecule has 1 aliphatic heterocycles. The van der Waals surface area contributed by atoms with E-state index in [9.17, 15) is 4.79 Å². The summed E-state index contributed by atoms with van der Waals surface area (Å²) in [6.07, 6.45) is 5.94. The molecule has 0 N–H and O–H groups in total. The summed E-state index contributed by atoms with van der Waals surface area (Å²) in [4.78, 5) is 18.0. The highest BCUT2D eigenvalue weighted by atomic mass is 16.5. The van der Waals surface area contributed by atoms with E-state index in [0.717, 1.165) is 35.9 Å². The Morgan fingerprint density at radius 3 is 2.14 bits per heavy atom. The van der Waals surface area contributed by atoms with Crippen molar-refractivity contribution in [2.75, 3.05) is 26.4 Å². The average Bonchev–Trinajstić information content (AvgIpc) is 3.31. The van der Waals surface area contributed by atoms with Crippen LogP contribution in [0.2, 0.25) is 0 Å². The summed E-state index contributed by atoms with van der Waals surface area (Å²) in [6, 6.07) is 20.4. The lowest BCUT2D eigenvalue weighted by molar-refractivity contribution is 0.0940. The lowest BCUT2D eigenvalue weighted by Crippen LogP contribution is -2.29. The normalized spacial score (nSPS) is 13.2. The fourth-order valence-corrected chi connectivity index (χ4v) is 4.41. The van der Waals surface area contributed by atoms with E-state index in [1.165, 1.54) is 5.56 Å². The lowest BCUT2D eigenvalue weighted by atomic mass is 10.0. The van der Waals surface area contributed by atoms with Gasteiger partial charge in [0, 0.05) is 29.7 Å². The summed E-state index contributed by atoms with van der Waals surface area (Å²) in [5.74, 6) is 2.52. The van der Waals surface area contributed by atoms with Crippen molar-refractivity contribution in [2.24, 2.45) is 11.8 Å². The van der Waals surface area contributed by atoms with Crippen LogP contribution in [0.5, 0.6) is 11.5 Å². The number of benzene rings is 3. The summed E-state index contributed by atoms with van der Waals surface area (Å²) in [5, 5.41) is 1.91. The third-order valence-electron chi connectivity index (χ3n) is 6.58. The number of rotatable bonds is 13. The number of ketones is 1. The maximum absolute atomic E-state index is 13.7. The van der Waals surface area contributed by atoms with E-state index in [2.05, 4.69) is 68.0 Å². The Kier molecular flexibility index (Phi) is 9.10. The molecule has 0 saturated heterocycles. The molecule has 37 heavy (non-hydrogen) atoms. The quantitative estimate of drug-likeness (QED) is 0.234. The Morgan fingerprint density at radius 1 is 0.811 bits per heavy atom. The predicted octanol–water partition coefficient (Wildman–Crippen LogP) is 7.12. The van der Waals surface area contributed by atoms with Crippen LogP contribution in [0, 0.1) is 11.8 Å². The van der Waals surface area contributed by atoms with Gasteiger partial charge < -0.3 is 19.3 Å². The van der Waals surface area contributed by atoms with Gasteiger partial charge in [0.15, 0.2) is 5.78 Å². The first kappa shape index (κ1) is 26.6. The van der Waals surface area contributed by atoms with Crippen molar-refractivity contribution in [2.45, 2.75) is 47.1 Å². The second-order valence-electron chi connectivity index (χ2n) is 10.7. The molecule has 0 unspecified atom stereocenters. The van der Waals surface area contributed by atoms with Crippen LogP contribution in [0.15, 0.2) is 73.1 Å². The predicted molar refractivity (Wildman–Crippen MR) is 151 cm³/mol. The molecule has 3 aromatic carbocycles. The minimum absolute atomic E-state index is 0.0326. The number of Topliss-reactive ketones (excluding diaryl/α,β-unsaturated/α-hetero) is 1. The van der Waals surface area contributed by atoms with Crippen LogP contribution < -0.4 is 9.47 Å². The summed E-state index contributed by atoms with van der Waals surface area (Å²) >= 11 is 0. The fourth-order valence-electron chi connectivity index (χ4n) is 4.41. The molecule has 0 saturated carbocycles. The number of nitrogens with zero attached hydrogens (tertiary/aromatic N) is 2. The number of fused-ring (bicyclic) bond motifs is 1. The van der Waals surface area contributed by atoms with Crippen LogP contribution in [0.3, 0.4) is 0 Å². The summed E-state index contributed by atoms with van der Waals surface area (Å²) in [6.45, 7) is 11.7. The third kappa shape index (κ3) is 7.28. The van der Waals surface area contributed by atoms with E-state index in [-0.39, 0.29) is 12.3 Å². The molecule has 1 aliphatic rings. The first-order valence-corrected chi connectivity index (χ1v) is 13.5. The largest absolute Gasteiger partial charge is 0.493 e. The standard InChI is InChI=1S/C32H40N2O3/c1-24(2)14-18-36-31-20-29(32(37-19-15-25(3)4)28-13-9-8-12-27(28)31)30(35)22-34-17-16-33(23-34)21-26-10-6-5-7-11-26/h5-13,16-17,20,24-25H,14-15,18-19,21-23H2,1-4H3. The Balaban J connectivity index is 1.56. The maximum atomic E-state index is 13.7. The van der Waals surface area contributed by atoms with Crippen molar-refractivity contribution < 1.29 is 14.3 Å². The summed E-state index contributed by atoms with van der Waals surface area (Å²) in [7, 11) is 0. The van der Waals surface area contributed by atoms with Crippen molar-refractivity contribution in [3.8, 4) is 11.5 Å². The van der Waals surface area contributed by atoms with E-state index in [4.69, 9.17) is 9.47 Å². The highest BCUT2D eigenvalue weighted by Crippen LogP contribution is 2.38. The molecule has 0 radical (unpaired) electrons. The second-order valence-corrected chi connectivity index (χ2v) is 10.7. The van der Waals surface area contributed by atoms with Gasteiger partial charge in [-0.1, -0.05) is 82.3 Å². The monoisotopic (exact) mass is 500 g/mol. The van der Waals surface area contributed by atoms with Gasteiger partial charge in [0.05, 0.1) is 32.0 Å². The van der Waals surface area contributed by atoms with Gasteiger partial charge in [0.25, 0.3) is 0 Å². The molecule has 0 spiro atoms. The van der Waals surface area contributed by atoms with Crippen LogP contribution in [0.25, 0.3) is 10.8 Å². The van der Waals surface area contributed by atoms with Gasteiger partial charge in [-0.2, -0.15) is 0 Å². The van der Waals surface area contributed by atoms with Crippen molar-refractivity contribution in [1.82, 2.24) is 9.80 Å². The molecule has 5 nitrogen and oxygen atoms in total. The van der Waals surface area contributed by atoms with Gasteiger partial charge in [-0.05, 0) is 36.3 Å². The van der Waals surface area contributed by atoms with E-state index >= 15 is 0 Å². The van der Waals surface area contributed by atoms with Crippen molar-refractivity contribution in [3.63, 3.8) is 0 Å². The van der Waals surface area contributed by atoms with Crippen molar-refractivity contribution in [3.05, 3.63) is 84.2 Å². The molecule has 0 aliphatic carbocycles. The van der Waals surface area contributed by atoms with Crippen LogP contribution in [0.1, 0.15) is 56.5 Å². The summed E-state index contributed by atoms with van der Waals surface area (Å²) < 4.78 is 12.5. The zero-order chi connectivity index (χ0) is 26.2. The van der Waals surface area contributed by atoms with E-state index in [0.29, 0.717) is 43.0 Å². The lowest BCUT2D eigenvalue weighted by Gasteiger charge is -2.22. The topological polar surface area (TPSA) is 42.0 Å². The van der Waals surface area contributed by atoms with Gasteiger partial charge in [-0.3, -0.25) is 4.79 Å². The first-order chi connectivity index (χ1) is 17.9. The zero-order valence-corrected chi connectivity index (χ0v) is 22.7. The second kappa shape index (κ2) is 12.7. The van der Waals surface area contributed by atoms with Gasteiger partial charge in [0.1, 0.15) is 11.5 Å². The molecule has 1 heterocycles. The van der Waals surface area contributed by atoms with Crippen LogP contribution in [-0.4, -0.2) is 42.0 Å². The molecule has 196 valence electrons. The third-order valence-corrected chi connectivity index (χ3v) is 6.58. The first-order valence-electron chi connectivity index (χ1n) is 13.5.